The summed E-state index contributed by atoms with van der Waals surface area (Å²) in [4.78, 5) is 11.4. The fraction of sp³-hybridized carbons (Fsp3) is 0.188. The first-order valence-corrected chi connectivity index (χ1v) is 8.48. The van der Waals surface area contributed by atoms with E-state index in [-0.39, 0.29) is 10.8 Å². The van der Waals surface area contributed by atoms with Gasteiger partial charge in [-0.15, -0.1) is 0 Å². The van der Waals surface area contributed by atoms with Crippen molar-refractivity contribution >= 4 is 27.7 Å². The van der Waals surface area contributed by atoms with Crippen molar-refractivity contribution in [2.24, 2.45) is 5.92 Å². The smallest absolute Gasteiger partial charge is 0.182 e. The van der Waals surface area contributed by atoms with Gasteiger partial charge in [0.2, 0.25) is 0 Å². The Hall–Kier alpha value is -1.65. The quantitative estimate of drug-likeness (QED) is 0.813. The van der Waals surface area contributed by atoms with Crippen LogP contribution in [0.5, 0.6) is 0 Å². The minimum Gasteiger partial charge on any atom is -0.303 e. The maximum atomic E-state index is 12.7. The second kappa shape index (κ2) is 5.28. The van der Waals surface area contributed by atoms with E-state index in [0.29, 0.717) is 5.02 Å². The average Bonchev–Trinajstić information content (AvgIpc) is 3.24. The molecule has 2 aromatic rings. The summed E-state index contributed by atoms with van der Waals surface area (Å²) in [6.07, 6.45) is 0.746. The molecule has 0 bridgehead atoms. The van der Waals surface area contributed by atoms with Crippen molar-refractivity contribution in [1.82, 2.24) is 0 Å². The van der Waals surface area contributed by atoms with E-state index in [1.807, 2.05) is 30.3 Å². The van der Waals surface area contributed by atoms with Crippen LogP contribution in [0.1, 0.15) is 11.5 Å². The minimum absolute atomic E-state index is 0.210. The summed E-state index contributed by atoms with van der Waals surface area (Å²) in [5, 5.41) is -0.199. The van der Waals surface area contributed by atoms with Crippen molar-refractivity contribution in [3.05, 3.63) is 65.2 Å². The Kier molecular flexibility index (Phi) is 3.59. The van der Waals surface area contributed by atoms with E-state index in [0.717, 1.165) is 11.8 Å². The third-order valence-electron chi connectivity index (χ3n) is 3.85. The maximum Gasteiger partial charge on any atom is 0.182 e. The Bertz CT molecular complexity index is 754. The van der Waals surface area contributed by atoms with Gasteiger partial charge in [-0.05, 0) is 29.8 Å². The molecule has 3 nitrogen and oxygen atoms in total. The van der Waals surface area contributed by atoms with Crippen LogP contribution in [0.3, 0.4) is 0 Å². The van der Waals surface area contributed by atoms with Gasteiger partial charge in [-0.1, -0.05) is 41.9 Å². The molecule has 1 fully saturated rings. The van der Waals surface area contributed by atoms with Crippen LogP contribution in [0.2, 0.25) is 5.02 Å². The lowest BCUT2D eigenvalue weighted by Crippen LogP contribution is -2.10. The van der Waals surface area contributed by atoms with Crippen LogP contribution in [0.15, 0.2) is 59.5 Å². The Morgan fingerprint density at radius 2 is 1.57 bits per heavy atom. The summed E-state index contributed by atoms with van der Waals surface area (Å²) in [6, 6.07) is 15.3. The van der Waals surface area contributed by atoms with Crippen molar-refractivity contribution in [3.63, 3.8) is 0 Å². The van der Waals surface area contributed by atoms with Gasteiger partial charge < -0.3 is 4.79 Å². The van der Waals surface area contributed by atoms with Crippen LogP contribution in [-0.4, -0.2) is 20.0 Å². The fourth-order valence-corrected chi connectivity index (χ4v) is 4.97. The Labute approximate surface area is 128 Å². The zero-order valence-electron chi connectivity index (χ0n) is 11.0. The first-order chi connectivity index (χ1) is 10.1. The highest BCUT2D eigenvalue weighted by atomic mass is 35.5. The summed E-state index contributed by atoms with van der Waals surface area (Å²) in [6.45, 7) is 0. The summed E-state index contributed by atoms with van der Waals surface area (Å²) >= 11 is 5.79. The molecule has 5 heteroatoms. The number of halogens is 1. The number of aldehydes is 1. The van der Waals surface area contributed by atoms with Gasteiger partial charge in [0.25, 0.3) is 0 Å². The summed E-state index contributed by atoms with van der Waals surface area (Å²) in [5.41, 5.74) is 0.886. The molecule has 0 saturated heterocycles. The molecule has 1 saturated carbocycles. The second-order valence-electron chi connectivity index (χ2n) is 5.11. The van der Waals surface area contributed by atoms with Crippen LogP contribution in [0.4, 0.5) is 0 Å². The number of carbonyl (C=O) groups excluding carboxylic acids is 1. The van der Waals surface area contributed by atoms with E-state index in [4.69, 9.17) is 11.6 Å². The molecule has 108 valence electrons. The van der Waals surface area contributed by atoms with E-state index in [1.165, 1.54) is 12.1 Å². The highest BCUT2D eigenvalue weighted by Crippen LogP contribution is 2.52. The number of rotatable bonds is 4. The van der Waals surface area contributed by atoms with Gasteiger partial charge >= 0.3 is 0 Å². The molecule has 3 rings (SSSR count). The lowest BCUT2D eigenvalue weighted by atomic mass is 10.1. The van der Waals surface area contributed by atoms with Crippen molar-refractivity contribution in [2.75, 3.05) is 0 Å². The first kappa shape index (κ1) is 14.3. The molecule has 0 aliphatic heterocycles. The van der Waals surface area contributed by atoms with E-state index in [2.05, 4.69) is 0 Å². The van der Waals surface area contributed by atoms with E-state index in [9.17, 15) is 13.2 Å². The van der Waals surface area contributed by atoms with Crippen molar-refractivity contribution in [1.29, 1.82) is 0 Å². The summed E-state index contributed by atoms with van der Waals surface area (Å²) in [7, 11) is -3.53. The molecule has 3 atom stereocenters. The molecule has 0 heterocycles. The Balaban J connectivity index is 1.96. The standard InChI is InChI=1S/C16H13ClO3S/c17-12-6-8-13(9-7-12)21(19,20)16-14(10-18)15(16)11-4-2-1-3-5-11/h1-10,14-16H/t14-,15+,16-/m1/s1. The Morgan fingerprint density at radius 3 is 2.14 bits per heavy atom. The molecule has 1 aliphatic carbocycles. The Morgan fingerprint density at radius 1 is 0.952 bits per heavy atom. The topological polar surface area (TPSA) is 51.2 Å². The van der Waals surface area contributed by atoms with E-state index >= 15 is 0 Å². The summed E-state index contributed by atoms with van der Waals surface area (Å²) in [5.74, 6) is -0.738. The number of sulfone groups is 1. The normalized spacial score (nSPS) is 24.5. The molecular weight excluding hydrogens is 308 g/mol. The van der Waals surface area contributed by atoms with Crippen LogP contribution in [-0.2, 0) is 14.6 Å². The molecular formula is C16H13ClO3S. The highest BCUT2D eigenvalue weighted by molar-refractivity contribution is 7.92. The average molecular weight is 321 g/mol. The number of hydrogen-bond acceptors (Lipinski definition) is 3. The van der Waals surface area contributed by atoms with Gasteiger partial charge in [-0.3, -0.25) is 0 Å². The van der Waals surface area contributed by atoms with Gasteiger partial charge in [0, 0.05) is 16.9 Å². The van der Waals surface area contributed by atoms with Crippen molar-refractivity contribution in [3.8, 4) is 0 Å². The van der Waals surface area contributed by atoms with Crippen molar-refractivity contribution < 1.29 is 13.2 Å². The van der Waals surface area contributed by atoms with E-state index < -0.39 is 21.0 Å². The third-order valence-corrected chi connectivity index (χ3v) is 6.35. The third kappa shape index (κ3) is 2.49. The zero-order chi connectivity index (χ0) is 15.0. The highest BCUT2D eigenvalue weighted by Gasteiger charge is 2.58. The molecule has 0 unspecified atom stereocenters. The van der Waals surface area contributed by atoms with Gasteiger partial charge in [0.05, 0.1) is 10.1 Å². The van der Waals surface area contributed by atoms with Gasteiger partial charge in [-0.25, -0.2) is 8.42 Å². The monoisotopic (exact) mass is 320 g/mol. The van der Waals surface area contributed by atoms with Gasteiger partial charge in [0.15, 0.2) is 9.84 Å². The molecule has 0 amide bonds. The lowest BCUT2D eigenvalue weighted by Gasteiger charge is -2.04. The second-order valence-corrected chi connectivity index (χ2v) is 7.66. The SMILES string of the molecule is O=C[C@@H]1[C@H](c2ccccc2)[C@@H]1S(=O)(=O)c1ccc(Cl)cc1. The zero-order valence-corrected chi connectivity index (χ0v) is 12.6. The van der Waals surface area contributed by atoms with Gasteiger partial charge in [-0.2, -0.15) is 0 Å². The van der Waals surface area contributed by atoms with Crippen molar-refractivity contribution in [2.45, 2.75) is 16.1 Å². The number of carbonyl (C=O) groups is 1. The van der Waals surface area contributed by atoms with Crippen LogP contribution < -0.4 is 0 Å². The maximum absolute atomic E-state index is 12.7. The van der Waals surface area contributed by atoms with Gasteiger partial charge in [0.1, 0.15) is 6.29 Å². The van der Waals surface area contributed by atoms with E-state index in [1.54, 1.807) is 12.1 Å². The molecule has 0 radical (unpaired) electrons. The molecule has 0 N–H and O–H groups in total. The van der Waals surface area contributed by atoms with Crippen LogP contribution in [0, 0.1) is 5.92 Å². The molecule has 2 aromatic carbocycles. The fourth-order valence-electron chi connectivity index (χ4n) is 2.74. The predicted octanol–water partition coefficient (Wildman–Crippen LogP) is 3.09. The van der Waals surface area contributed by atoms with Crippen LogP contribution >= 0.6 is 11.6 Å². The molecule has 0 aromatic heterocycles. The largest absolute Gasteiger partial charge is 0.303 e. The lowest BCUT2D eigenvalue weighted by molar-refractivity contribution is -0.108. The minimum atomic E-state index is -3.53. The first-order valence-electron chi connectivity index (χ1n) is 6.55. The molecule has 21 heavy (non-hydrogen) atoms. The number of benzene rings is 2. The van der Waals surface area contributed by atoms with Crippen LogP contribution in [0.25, 0.3) is 0 Å². The molecule has 0 spiro atoms. The molecule has 1 aliphatic rings. The predicted molar refractivity (Wildman–Crippen MR) is 81.2 cm³/mol. The number of hydrogen-bond donors (Lipinski definition) is 0. The summed E-state index contributed by atoms with van der Waals surface area (Å²) < 4.78 is 25.3.